The Bertz CT molecular complexity index is 365. The summed E-state index contributed by atoms with van der Waals surface area (Å²) in [5, 5.41) is 10.7. The maximum atomic E-state index is 5.41. The van der Waals surface area contributed by atoms with Crippen LogP contribution in [-0.2, 0) is 6.42 Å². The average molecular weight is 178 g/mol. The summed E-state index contributed by atoms with van der Waals surface area (Å²) in [7, 11) is 0. The minimum atomic E-state index is 0.612. The normalized spacial score (nSPS) is 10.5. The second kappa shape index (κ2) is 3.40. The van der Waals surface area contributed by atoms with E-state index in [9.17, 15) is 0 Å². The molecule has 0 aliphatic heterocycles. The fourth-order valence-electron chi connectivity index (χ4n) is 1.12. The summed E-state index contributed by atoms with van der Waals surface area (Å²) in [6.07, 6.45) is 2.32. The number of aromatic nitrogens is 3. The van der Waals surface area contributed by atoms with E-state index in [1.54, 1.807) is 6.07 Å². The Balaban J connectivity index is 2.23. The monoisotopic (exact) mass is 178 g/mol. The van der Waals surface area contributed by atoms with Crippen molar-refractivity contribution in [3.63, 3.8) is 0 Å². The Labute approximate surface area is 74.9 Å². The first kappa shape index (κ1) is 8.00. The van der Waals surface area contributed by atoms with Crippen LogP contribution in [0.15, 0.2) is 22.9 Å². The molecule has 0 aliphatic rings. The van der Waals surface area contributed by atoms with Crippen molar-refractivity contribution in [2.75, 3.05) is 6.54 Å². The van der Waals surface area contributed by atoms with Gasteiger partial charge >= 0.3 is 0 Å². The van der Waals surface area contributed by atoms with Crippen molar-refractivity contribution in [1.82, 2.24) is 15.4 Å². The Hall–Kier alpha value is -1.62. The summed E-state index contributed by atoms with van der Waals surface area (Å²) in [5.41, 5.74) is 7.95. The first-order valence-electron chi connectivity index (χ1n) is 4.05. The quantitative estimate of drug-likeness (QED) is 0.719. The molecule has 5 nitrogen and oxygen atoms in total. The summed E-state index contributed by atoms with van der Waals surface area (Å²) >= 11 is 0. The number of rotatable bonds is 3. The zero-order chi connectivity index (χ0) is 9.10. The van der Waals surface area contributed by atoms with Crippen LogP contribution in [0.5, 0.6) is 0 Å². The molecule has 68 valence electrons. The molecule has 0 amide bonds. The molecule has 2 aromatic rings. The minimum Gasteiger partial charge on any atom is -0.364 e. The predicted molar refractivity (Wildman–Crippen MR) is 46.8 cm³/mol. The molecule has 0 saturated carbocycles. The summed E-state index contributed by atoms with van der Waals surface area (Å²) in [6, 6.07) is 3.69. The van der Waals surface area contributed by atoms with E-state index in [2.05, 4.69) is 15.4 Å². The fourth-order valence-corrected chi connectivity index (χ4v) is 1.12. The molecule has 13 heavy (non-hydrogen) atoms. The average Bonchev–Trinajstić information content (AvgIpc) is 2.70. The topological polar surface area (TPSA) is 80.7 Å². The van der Waals surface area contributed by atoms with Gasteiger partial charge in [0.25, 0.3) is 0 Å². The number of nitrogens with one attached hydrogen (secondary N) is 1. The largest absolute Gasteiger partial charge is 0.364 e. The molecule has 2 aromatic heterocycles. The van der Waals surface area contributed by atoms with Crippen molar-refractivity contribution in [3.05, 3.63) is 24.1 Å². The molecule has 2 heterocycles. The van der Waals surface area contributed by atoms with Crippen LogP contribution in [-0.4, -0.2) is 21.9 Å². The SMILES string of the molecule is NCCc1cc(-c2ccon2)n[nH]1. The molecule has 3 N–H and O–H groups in total. The molecule has 0 radical (unpaired) electrons. The molecule has 0 atom stereocenters. The van der Waals surface area contributed by atoms with E-state index in [0.29, 0.717) is 6.54 Å². The van der Waals surface area contributed by atoms with Crippen LogP contribution in [0.4, 0.5) is 0 Å². The third kappa shape index (κ3) is 1.59. The van der Waals surface area contributed by atoms with E-state index in [0.717, 1.165) is 23.5 Å². The van der Waals surface area contributed by atoms with Gasteiger partial charge in [0.1, 0.15) is 17.7 Å². The number of hydrogen-bond donors (Lipinski definition) is 2. The number of nitrogens with zero attached hydrogens (tertiary/aromatic N) is 2. The van der Waals surface area contributed by atoms with E-state index < -0.39 is 0 Å². The van der Waals surface area contributed by atoms with Crippen LogP contribution in [0.25, 0.3) is 11.4 Å². The summed E-state index contributed by atoms with van der Waals surface area (Å²) in [4.78, 5) is 0. The Kier molecular flexibility index (Phi) is 2.09. The third-order valence-electron chi connectivity index (χ3n) is 1.74. The van der Waals surface area contributed by atoms with Crippen molar-refractivity contribution in [1.29, 1.82) is 0 Å². The van der Waals surface area contributed by atoms with E-state index in [-0.39, 0.29) is 0 Å². The standard InChI is InChI=1S/C8H10N4O/c9-3-1-6-5-8(11-10-6)7-2-4-13-12-7/h2,4-5H,1,3,9H2,(H,10,11). The van der Waals surface area contributed by atoms with Gasteiger partial charge in [0.2, 0.25) is 0 Å². The Morgan fingerprint density at radius 3 is 3.08 bits per heavy atom. The molecule has 0 unspecified atom stereocenters. The minimum absolute atomic E-state index is 0.612. The zero-order valence-electron chi connectivity index (χ0n) is 7.03. The van der Waals surface area contributed by atoms with Crippen molar-refractivity contribution in [2.24, 2.45) is 5.73 Å². The Morgan fingerprint density at radius 1 is 1.46 bits per heavy atom. The van der Waals surface area contributed by atoms with Crippen LogP contribution in [0, 0.1) is 0 Å². The summed E-state index contributed by atoms with van der Waals surface area (Å²) in [5.74, 6) is 0. The van der Waals surface area contributed by atoms with Crippen LogP contribution in [0.2, 0.25) is 0 Å². The lowest BCUT2D eigenvalue weighted by Crippen LogP contribution is -2.02. The van der Waals surface area contributed by atoms with Gasteiger partial charge in [0, 0.05) is 18.2 Å². The van der Waals surface area contributed by atoms with Crippen LogP contribution in [0.1, 0.15) is 5.69 Å². The van der Waals surface area contributed by atoms with Crippen molar-refractivity contribution >= 4 is 0 Å². The molecule has 2 rings (SSSR count). The Morgan fingerprint density at radius 2 is 2.38 bits per heavy atom. The lowest BCUT2D eigenvalue weighted by Gasteiger charge is -1.87. The maximum absolute atomic E-state index is 5.41. The second-order valence-electron chi connectivity index (χ2n) is 2.70. The van der Waals surface area contributed by atoms with Gasteiger partial charge in [-0.2, -0.15) is 5.10 Å². The molecule has 0 fully saturated rings. The lowest BCUT2D eigenvalue weighted by molar-refractivity contribution is 0.422. The van der Waals surface area contributed by atoms with Gasteiger partial charge in [0.05, 0.1) is 0 Å². The zero-order valence-corrected chi connectivity index (χ0v) is 7.03. The van der Waals surface area contributed by atoms with Gasteiger partial charge < -0.3 is 10.3 Å². The van der Waals surface area contributed by atoms with Gasteiger partial charge in [-0.05, 0) is 12.6 Å². The highest BCUT2D eigenvalue weighted by Gasteiger charge is 2.05. The highest BCUT2D eigenvalue weighted by molar-refractivity contribution is 5.52. The molecule has 0 bridgehead atoms. The van der Waals surface area contributed by atoms with E-state index in [1.807, 2.05) is 6.07 Å². The molecule has 0 aromatic carbocycles. The number of aromatic amines is 1. The molecule has 0 saturated heterocycles. The maximum Gasteiger partial charge on any atom is 0.134 e. The van der Waals surface area contributed by atoms with Gasteiger partial charge in [-0.15, -0.1) is 0 Å². The van der Waals surface area contributed by atoms with Crippen LogP contribution >= 0.6 is 0 Å². The van der Waals surface area contributed by atoms with E-state index in [4.69, 9.17) is 10.3 Å². The molecular formula is C8H10N4O. The van der Waals surface area contributed by atoms with Crippen molar-refractivity contribution in [2.45, 2.75) is 6.42 Å². The predicted octanol–water partition coefficient (Wildman–Crippen LogP) is 0.566. The van der Waals surface area contributed by atoms with Crippen molar-refractivity contribution in [3.8, 4) is 11.4 Å². The van der Waals surface area contributed by atoms with Gasteiger partial charge in [-0.1, -0.05) is 5.16 Å². The number of nitrogens with two attached hydrogens (primary N) is 1. The van der Waals surface area contributed by atoms with Gasteiger partial charge in [-0.3, -0.25) is 5.10 Å². The molecule has 0 spiro atoms. The van der Waals surface area contributed by atoms with Gasteiger partial charge in [-0.25, -0.2) is 0 Å². The van der Waals surface area contributed by atoms with Crippen LogP contribution in [0.3, 0.4) is 0 Å². The lowest BCUT2D eigenvalue weighted by atomic mass is 10.2. The van der Waals surface area contributed by atoms with E-state index >= 15 is 0 Å². The number of hydrogen-bond acceptors (Lipinski definition) is 4. The van der Waals surface area contributed by atoms with Crippen LogP contribution < -0.4 is 5.73 Å². The van der Waals surface area contributed by atoms with Gasteiger partial charge in [0.15, 0.2) is 0 Å². The molecule has 0 aliphatic carbocycles. The fraction of sp³-hybridized carbons (Fsp3) is 0.250. The number of H-pyrrole nitrogens is 1. The third-order valence-corrected chi connectivity index (χ3v) is 1.74. The summed E-state index contributed by atoms with van der Waals surface area (Å²) in [6.45, 7) is 0.612. The summed E-state index contributed by atoms with van der Waals surface area (Å²) < 4.78 is 4.71. The molecule has 5 heteroatoms. The first-order valence-corrected chi connectivity index (χ1v) is 4.05. The first-order chi connectivity index (χ1) is 6.40. The highest BCUT2D eigenvalue weighted by Crippen LogP contribution is 2.14. The second-order valence-corrected chi connectivity index (χ2v) is 2.70. The van der Waals surface area contributed by atoms with Crippen molar-refractivity contribution < 1.29 is 4.52 Å². The van der Waals surface area contributed by atoms with E-state index in [1.165, 1.54) is 6.26 Å². The highest BCUT2D eigenvalue weighted by atomic mass is 16.5. The molecular weight excluding hydrogens is 168 g/mol. The smallest absolute Gasteiger partial charge is 0.134 e.